The smallest absolute Gasteiger partial charge is 0.196 e. The number of likely N-dealkylation sites (N-methyl/N-ethyl adjacent to an activating group) is 2. The van der Waals surface area contributed by atoms with Gasteiger partial charge in [0.2, 0.25) is 0 Å². The molecule has 0 saturated carbocycles. The van der Waals surface area contributed by atoms with Crippen LogP contribution in [-0.2, 0) is 0 Å². The number of nitrogens with zero attached hydrogens (tertiary/aromatic N) is 4. The van der Waals surface area contributed by atoms with Crippen LogP contribution in [0.25, 0.3) is 0 Å². The third-order valence-electron chi connectivity index (χ3n) is 2.49. The molecule has 1 aliphatic heterocycles. The van der Waals surface area contributed by atoms with Crippen molar-refractivity contribution in [2.75, 3.05) is 54.4 Å². The van der Waals surface area contributed by atoms with Gasteiger partial charge >= 0.3 is 0 Å². The fourth-order valence-electron chi connectivity index (χ4n) is 1.68. The predicted octanol–water partition coefficient (Wildman–Crippen LogP) is 1.75. The van der Waals surface area contributed by atoms with E-state index in [1.807, 2.05) is 7.05 Å². The Hall–Kier alpha value is -1.03. The summed E-state index contributed by atoms with van der Waals surface area (Å²) in [6, 6.07) is 0. The van der Waals surface area contributed by atoms with E-state index < -0.39 is 0 Å². The second-order valence-electron chi connectivity index (χ2n) is 4.83. The molecule has 0 unspecified atom stereocenters. The Kier molecular flexibility index (Phi) is 9.38. The van der Waals surface area contributed by atoms with E-state index in [1.165, 1.54) is 6.42 Å². The maximum absolute atomic E-state index is 4.29. The van der Waals surface area contributed by atoms with Crippen LogP contribution in [0.15, 0.2) is 17.1 Å². The van der Waals surface area contributed by atoms with E-state index in [2.05, 4.69) is 66.8 Å². The molecule has 1 fully saturated rings. The van der Waals surface area contributed by atoms with Crippen molar-refractivity contribution in [3.63, 3.8) is 0 Å². The lowest BCUT2D eigenvalue weighted by Gasteiger charge is -2.18. The highest BCUT2D eigenvalue weighted by Gasteiger charge is 2.20. The fourth-order valence-corrected chi connectivity index (χ4v) is 1.68. The molecule has 0 atom stereocenters. The predicted molar refractivity (Wildman–Crippen MR) is 81.2 cm³/mol. The second kappa shape index (κ2) is 9.95. The fraction of sp³-hybridized carbons (Fsp3) is 0.786. The lowest BCUT2D eigenvalue weighted by Crippen LogP contribution is -2.31. The molecule has 0 N–H and O–H groups in total. The number of hydrogen-bond acceptors (Lipinski definition) is 2. The van der Waals surface area contributed by atoms with Crippen LogP contribution in [0.3, 0.4) is 0 Å². The maximum atomic E-state index is 4.29. The largest absolute Gasteiger partial charge is 0.344 e. The topological polar surface area (TPSA) is 22.1 Å². The molecule has 0 aromatic heterocycles. The van der Waals surface area contributed by atoms with Crippen molar-refractivity contribution in [1.82, 2.24) is 14.7 Å². The summed E-state index contributed by atoms with van der Waals surface area (Å²) in [5.41, 5.74) is 0. The summed E-state index contributed by atoms with van der Waals surface area (Å²) in [6.07, 6.45) is 5.66. The minimum atomic E-state index is 0.963. The van der Waals surface area contributed by atoms with Gasteiger partial charge in [0.15, 0.2) is 5.96 Å². The zero-order valence-electron chi connectivity index (χ0n) is 13.0. The van der Waals surface area contributed by atoms with E-state index in [1.54, 1.807) is 0 Å². The van der Waals surface area contributed by atoms with Crippen LogP contribution in [0, 0.1) is 0 Å². The van der Waals surface area contributed by atoms with Gasteiger partial charge in [0.1, 0.15) is 0 Å². The SMILES string of the molecule is CCC.CN=C1N(C)CCN1C/C=C/CN(C)C. The van der Waals surface area contributed by atoms with Crippen LogP contribution >= 0.6 is 0 Å². The number of aliphatic imine (C=N–C) groups is 1. The van der Waals surface area contributed by atoms with Crippen LogP contribution in [0.1, 0.15) is 20.3 Å². The monoisotopic (exact) mass is 254 g/mol. The van der Waals surface area contributed by atoms with E-state index in [0.29, 0.717) is 0 Å². The zero-order valence-corrected chi connectivity index (χ0v) is 13.0. The van der Waals surface area contributed by atoms with Crippen LogP contribution in [0.2, 0.25) is 0 Å². The first-order valence-electron chi connectivity index (χ1n) is 6.79. The zero-order chi connectivity index (χ0) is 14.0. The van der Waals surface area contributed by atoms with Crippen LogP contribution in [-0.4, -0.2) is 75.0 Å². The molecule has 18 heavy (non-hydrogen) atoms. The molecule has 0 aliphatic carbocycles. The maximum Gasteiger partial charge on any atom is 0.196 e. The second-order valence-corrected chi connectivity index (χ2v) is 4.83. The Morgan fingerprint density at radius 3 is 2.33 bits per heavy atom. The van der Waals surface area contributed by atoms with Crippen LogP contribution in [0.4, 0.5) is 0 Å². The van der Waals surface area contributed by atoms with Gasteiger partial charge in [0.05, 0.1) is 0 Å². The molecule has 4 nitrogen and oxygen atoms in total. The normalized spacial score (nSPS) is 17.8. The molecule has 0 bridgehead atoms. The van der Waals surface area contributed by atoms with Gasteiger partial charge < -0.3 is 14.7 Å². The van der Waals surface area contributed by atoms with Crippen molar-refractivity contribution in [2.24, 2.45) is 4.99 Å². The minimum Gasteiger partial charge on any atom is -0.344 e. The molecule has 0 aromatic carbocycles. The van der Waals surface area contributed by atoms with Gasteiger partial charge in [-0.15, -0.1) is 0 Å². The summed E-state index contributed by atoms with van der Waals surface area (Å²) in [4.78, 5) is 10.9. The molecule has 0 radical (unpaired) electrons. The minimum absolute atomic E-state index is 0.963. The standard InChI is InChI=1S/C11H22N4.C3H8/c1-12-11-14(4)9-10-15(11)8-6-5-7-13(2)3;1-3-2/h5-6H,7-10H2,1-4H3;3H2,1-2H3/b6-5+,12-11?;. The van der Waals surface area contributed by atoms with E-state index in [9.17, 15) is 0 Å². The molecule has 1 heterocycles. The molecule has 1 aliphatic rings. The number of rotatable bonds is 4. The Morgan fingerprint density at radius 2 is 1.83 bits per heavy atom. The molecule has 0 aromatic rings. The van der Waals surface area contributed by atoms with E-state index in [4.69, 9.17) is 0 Å². The number of hydrogen-bond donors (Lipinski definition) is 0. The Bertz CT molecular complexity index is 259. The molecule has 1 rings (SSSR count). The van der Waals surface area contributed by atoms with Crippen molar-refractivity contribution in [2.45, 2.75) is 20.3 Å². The van der Waals surface area contributed by atoms with Gasteiger partial charge in [0, 0.05) is 40.3 Å². The van der Waals surface area contributed by atoms with Crippen molar-refractivity contribution in [1.29, 1.82) is 0 Å². The Balaban J connectivity index is 0.000000873. The summed E-state index contributed by atoms with van der Waals surface area (Å²) >= 11 is 0. The highest BCUT2D eigenvalue weighted by Crippen LogP contribution is 2.05. The van der Waals surface area contributed by atoms with Crippen LogP contribution in [0.5, 0.6) is 0 Å². The first-order chi connectivity index (χ1) is 8.56. The van der Waals surface area contributed by atoms with Gasteiger partial charge in [-0.1, -0.05) is 32.4 Å². The van der Waals surface area contributed by atoms with Gasteiger partial charge in [-0.25, -0.2) is 0 Å². The van der Waals surface area contributed by atoms with Gasteiger partial charge in [-0.05, 0) is 14.1 Å². The highest BCUT2D eigenvalue weighted by molar-refractivity contribution is 5.81. The molecule has 0 spiro atoms. The first kappa shape index (κ1) is 17.0. The molecular formula is C14H30N4. The van der Waals surface area contributed by atoms with Crippen molar-refractivity contribution in [3.8, 4) is 0 Å². The van der Waals surface area contributed by atoms with Crippen molar-refractivity contribution < 1.29 is 0 Å². The van der Waals surface area contributed by atoms with E-state index >= 15 is 0 Å². The van der Waals surface area contributed by atoms with E-state index in [0.717, 1.165) is 32.1 Å². The molecule has 4 heteroatoms. The van der Waals surface area contributed by atoms with Crippen molar-refractivity contribution in [3.05, 3.63) is 12.2 Å². The average Bonchev–Trinajstić information content (AvgIpc) is 2.66. The quantitative estimate of drug-likeness (QED) is 0.714. The summed E-state index contributed by atoms with van der Waals surface area (Å²) in [6.45, 7) is 8.37. The lowest BCUT2D eigenvalue weighted by molar-refractivity contribution is 0.454. The molecule has 0 amide bonds. The average molecular weight is 254 g/mol. The molecular weight excluding hydrogens is 224 g/mol. The summed E-state index contributed by atoms with van der Waals surface area (Å²) in [7, 11) is 8.10. The van der Waals surface area contributed by atoms with Gasteiger partial charge in [0.25, 0.3) is 0 Å². The number of guanidine groups is 1. The molecule has 1 saturated heterocycles. The van der Waals surface area contributed by atoms with Gasteiger partial charge in [-0.3, -0.25) is 4.99 Å². The van der Waals surface area contributed by atoms with Crippen molar-refractivity contribution >= 4 is 5.96 Å². The highest BCUT2D eigenvalue weighted by atomic mass is 15.4. The summed E-state index contributed by atoms with van der Waals surface area (Å²) in [5.74, 6) is 1.10. The Morgan fingerprint density at radius 1 is 1.22 bits per heavy atom. The summed E-state index contributed by atoms with van der Waals surface area (Å²) in [5, 5.41) is 0. The lowest BCUT2D eigenvalue weighted by atomic mass is 10.4. The van der Waals surface area contributed by atoms with E-state index in [-0.39, 0.29) is 0 Å². The van der Waals surface area contributed by atoms with Crippen LogP contribution < -0.4 is 0 Å². The Labute approximate surface area is 113 Å². The third kappa shape index (κ3) is 6.64. The third-order valence-corrected chi connectivity index (χ3v) is 2.49. The first-order valence-corrected chi connectivity index (χ1v) is 6.79. The van der Waals surface area contributed by atoms with Gasteiger partial charge in [-0.2, -0.15) is 0 Å². The summed E-state index contributed by atoms with van der Waals surface area (Å²) < 4.78 is 0. The molecule has 106 valence electrons.